The van der Waals surface area contributed by atoms with Gasteiger partial charge in [-0.1, -0.05) is 12.1 Å². The number of hydrogen-bond acceptors (Lipinski definition) is 4. The van der Waals surface area contributed by atoms with Crippen LogP contribution in [0.4, 0.5) is 5.69 Å². The van der Waals surface area contributed by atoms with Crippen LogP contribution < -0.4 is 15.8 Å². The molecular weight excluding hydrogens is 296 g/mol. The summed E-state index contributed by atoms with van der Waals surface area (Å²) in [7, 11) is 0. The molecule has 1 saturated heterocycles. The van der Waals surface area contributed by atoms with Crippen molar-refractivity contribution < 1.29 is 9.59 Å². The van der Waals surface area contributed by atoms with Gasteiger partial charge in [0.25, 0.3) is 11.5 Å². The van der Waals surface area contributed by atoms with Gasteiger partial charge in [0.15, 0.2) is 0 Å². The van der Waals surface area contributed by atoms with Crippen LogP contribution in [0.25, 0.3) is 0 Å². The van der Waals surface area contributed by atoms with Crippen molar-refractivity contribution in [2.24, 2.45) is 0 Å². The number of aromatic amines is 1. The molecule has 1 fully saturated rings. The van der Waals surface area contributed by atoms with E-state index >= 15 is 0 Å². The first-order valence-corrected chi connectivity index (χ1v) is 7.37. The summed E-state index contributed by atoms with van der Waals surface area (Å²) in [6.45, 7) is 1.10. The van der Waals surface area contributed by atoms with E-state index in [0.717, 1.165) is 24.2 Å². The summed E-state index contributed by atoms with van der Waals surface area (Å²) in [4.78, 5) is 36.3. The fourth-order valence-electron chi connectivity index (χ4n) is 2.46. The van der Waals surface area contributed by atoms with Crippen LogP contribution in [0.2, 0.25) is 0 Å². The van der Waals surface area contributed by atoms with Gasteiger partial charge in [-0.05, 0) is 30.2 Å². The normalized spacial score (nSPS) is 14.1. The Kier molecular flexibility index (Phi) is 4.18. The number of benzene rings is 1. The third kappa shape index (κ3) is 3.45. The molecule has 2 heterocycles. The largest absolute Gasteiger partial charge is 0.347 e. The van der Waals surface area contributed by atoms with Crippen LogP contribution in [-0.2, 0) is 11.3 Å². The minimum Gasteiger partial charge on any atom is -0.347 e. The minimum atomic E-state index is -0.361. The molecule has 1 aliphatic rings. The number of nitrogens with one attached hydrogen (secondary N) is 2. The zero-order valence-corrected chi connectivity index (χ0v) is 12.4. The number of hydrogen-bond donors (Lipinski definition) is 2. The van der Waals surface area contributed by atoms with E-state index in [1.54, 1.807) is 4.90 Å². The van der Waals surface area contributed by atoms with Crippen molar-refractivity contribution in [1.29, 1.82) is 0 Å². The van der Waals surface area contributed by atoms with Gasteiger partial charge in [-0.15, -0.1) is 0 Å². The van der Waals surface area contributed by atoms with Gasteiger partial charge in [-0.25, -0.2) is 5.10 Å². The minimum absolute atomic E-state index is 0.148. The van der Waals surface area contributed by atoms with Gasteiger partial charge in [0.1, 0.15) is 5.69 Å². The Balaban J connectivity index is 1.60. The molecule has 0 unspecified atom stereocenters. The summed E-state index contributed by atoms with van der Waals surface area (Å²) >= 11 is 0. The highest BCUT2D eigenvalue weighted by Crippen LogP contribution is 2.21. The summed E-state index contributed by atoms with van der Waals surface area (Å²) in [5.41, 5.74) is 1.60. The number of anilines is 1. The zero-order chi connectivity index (χ0) is 16.2. The van der Waals surface area contributed by atoms with Crippen molar-refractivity contribution in [3.63, 3.8) is 0 Å². The molecule has 7 heteroatoms. The number of rotatable bonds is 4. The Hall–Kier alpha value is -2.96. The molecule has 0 aliphatic carbocycles. The molecule has 0 bridgehead atoms. The lowest BCUT2D eigenvalue weighted by Crippen LogP contribution is -2.25. The van der Waals surface area contributed by atoms with Crippen LogP contribution >= 0.6 is 0 Å². The van der Waals surface area contributed by atoms with Crippen LogP contribution in [0.3, 0.4) is 0 Å². The molecule has 0 saturated carbocycles. The van der Waals surface area contributed by atoms with Crippen LogP contribution in [-0.4, -0.2) is 28.6 Å². The van der Waals surface area contributed by atoms with E-state index in [0.29, 0.717) is 13.0 Å². The monoisotopic (exact) mass is 312 g/mol. The molecule has 2 N–H and O–H groups in total. The van der Waals surface area contributed by atoms with Crippen molar-refractivity contribution in [2.75, 3.05) is 11.4 Å². The first-order valence-electron chi connectivity index (χ1n) is 7.37. The van der Waals surface area contributed by atoms with E-state index in [1.807, 2.05) is 24.3 Å². The van der Waals surface area contributed by atoms with E-state index in [9.17, 15) is 14.4 Å². The van der Waals surface area contributed by atoms with Crippen LogP contribution in [0.5, 0.6) is 0 Å². The number of carbonyl (C=O) groups is 2. The summed E-state index contributed by atoms with van der Waals surface area (Å²) in [6.07, 6.45) is 1.49. The molecule has 1 aromatic carbocycles. The third-order valence-electron chi connectivity index (χ3n) is 3.69. The second-order valence-electron chi connectivity index (χ2n) is 5.30. The number of amides is 2. The predicted octanol–water partition coefficient (Wildman–Crippen LogP) is 0.827. The molecule has 3 rings (SSSR count). The maximum Gasteiger partial charge on any atom is 0.271 e. The number of H-pyrrole nitrogens is 1. The second-order valence-corrected chi connectivity index (χ2v) is 5.30. The van der Waals surface area contributed by atoms with Crippen LogP contribution in [0.15, 0.2) is 41.2 Å². The van der Waals surface area contributed by atoms with E-state index in [2.05, 4.69) is 15.5 Å². The van der Waals surface area contributed by atoms with E-state index in [1.165, 1.54) is 12.1 Å². The maximum atomic E-state index is 11.9. The lowest BCUT2D eigenvalue weighted by atomic mass is 10.2. The lowest BCUT2D eigenvalue weighted by molar-refractivity contribution is -0.117. The Bertz CT molecular complexity index is 762. The van der Waals surface area contributed by atoms with E-state index < -0.39 is 0 Å². The Morgan fingerprint density at radius 2 is 1.96 bits per heavy atom. The van der Waals surface area contributed by atoms with Crippen molar-refractivity contribution in [3.05, 3.63) is 58.0 Å². The van der Waals surface area contributed by atoms with Crippen molar-refractivity contribution in [3.8, 4) is 0 Å². The second kappa shape index (κ2) is 6.43. The Morgan fingerprint density at radius 3 is 2.57 bits per heavy atom. The van der Waals surface area contributed by atoms with Crippen LogP contribution in [0, 0.1) is 0 Å². The Morgan fingerprint density at radius 1 is 1.17 bits per heavy atom. The van der Waals surface area contributed by atoms with Crippen molar-refractivity contribution in [1.82, 2.24) is 15.5 Å². The average Bonchev–Trinajstić information content (AvgIpc) is 3.00. The summed E-state index contributed by atoms with van der Waals surface area (Å²) < 4.78 is 0. The SMILES string of the molecule is O=C(NCc1ccc(N2CCCC2=O)cc1)c1ccc(=O)[nH]n1. The highest BCUT2D eigenvalue weighted by molar-refractivity contribution is 5.95. The summed E-state index contributed by atoms with van der Waals surface area (Å²) in [5.74, 6) is -0.213. The first-order chi connectivity index (χ1) is 11.1. The topological polar surface area (TPSA) is 95.2 Å². The molecule has 0 atom stereocenters. The molecule has 118 valence electrons. The van der Waals surface area contributed by atoms with Gasteiger partial charge in [-0.3, -0.25) is 14.4 Å². The predicted molar refractivity (Wildman–Crippen MR) is 84.1 cm³/mol. The van der Waals surface area contributed by atoms with Gasteiger partial charge in [-0.2, -0.15) is 5.10 Å². The zero-order valence-electron chi connectivity index (χ0n) is 12.4. The third-order valence-corrected chi connectivity index (χ3v) is 3.69. The maximum absolute atomic E-state index is 11.9. The van der Waals surface area contributed by atoms with Gasteiger partial charge in [0, 0.05) is 31.3 Å². The molecule has 7 nitrogen and oxygen atoms in total. The summed E-state index contributed by atoms with van der Waals surface area (Å²) in [6, 6.07) is 10.1. The standard InChI is InChI=1S/C16H16N4O3/c21-14-8-7-13(18-19-14)16(23)17-10-11-3-5-12(6-4-11)20-9-1-2-15(20)22/h3-8H,1-2,9-10H2,(H,17,23)(H,19,21). The van der Waals surface area contributed by atoms with Crippen LogP contribution in [0.1, 0.15) is 28.9 Å². The quantitative estimate of drug-likeness (QED) is 0.874. The highest BCUT2D eigenvalue weighted by Gasteiger charge is 2.21. The summed E-state index contributed by atoms with van der Waals surface area (Å²) in [5, 5.41) is 8.62. The highest BCUT2D eigenvalue weighted by atomic mass is 16.2. The van der Waals surface area contributed by atoms with Crippen molar-refractivity contribution >= 4 is 17.5 Å². The smallest absolute Gasteiger partial charge is 0.271 e. The fraction of sp³-hybridized carbons (Fsp3) is 0.250. The molecule has 2 amide bonds. The van der Waals surface area contributed by atoms with Gasteiger partial charge >= 0.3 is 0 Å². The first kappa shape index (κ1) is 15.0. The van der Waals surface area contributed by atoms with E-state index in [-0.39, 0.29) is 23.1 Å². The number of nitrogens with zero attached hydrogens (tertiary/aromatic N) is 2. The number of aromatic nitrogens is 2. The molecule has 0 radical (unpaired) electrons. The van der Waals surface area contributed by atoms with Gasteiger partial charge < -0.3 is 10.2 Å². The molecule has 0 spiro atoms. The van der Waals surface area contributed by atoms with Gasteiger partial charge in [0.2, 0.25) is 5.91 Å². The molecule has 1 aromatic heterocycles. The number of carbonyl (C=O) groups excluding carboxylic acids is 2. The Labute approximate surface area is 132 Å². The molecule has 2 aromatic rings. The molecule has 23 heavy (non-hydrogen) atoms. The average molecular weight is 312 g/mol. The van der Waals surface area contributed by atoms with Gasteiger partial charge in [0.05, 0.1) is 0 Å². The van der Waals surface area contributed by atoms with Crippen molar-refractivity contribution in [2.45, 2.75) is 19.4 Å². The van der Waals surface area contributed by atoms with E-state index in [4.69, 9.17) is 0 Å². The molecule has 1 aliphatic heterocycles. The lowest BCUT2D eigenvalue weighted by Gasteiger charge is -2.16. The fourth-order valence-corrected chi connectivity index (χ4v) is 2.46. The molecular formula is C16H16N4O3.